The topological polar surface area (TPSA) is 66.4 Å². The number of benzene rings is 2. The van der Waals surface area contributed by atoms with Gasteiger partial charge in [0.2, 0.25) is 5.91 Å². The van der Waals surface area contributed by atoms with Crippen LogP contribution in [-0.2, 0) is 9.59 Å². The van der Waals surface area contributed by atoms with Gasteiger partial charge < -0.3 is 10.4 Å². The van der Waals surface area contributed by atoms with Crippen molar-refractivity contribution >= 4 is 11.9 Å². The summed E-state index contributed by atoms with van der Waals surface area (Å²) in [6, 6.07) is 8.65. The van der Waals surface area contributed by atoms with Gasteiger partial charge in [-0.2, -0.15) is 0 Å². The van der Waals surface area contributed by atoms with Crippen molar-refractivity contribution in [2.75, 3.05) is 0 Å². The van der Waals surface area contributed by atoms with E-state index < -0.39 is 17.8 Å². The second-order valence-corrected chi connectivity index (χ2v) is 6.29. The van der Waals surface area contributed by atoms with Gasteiger partial charge in [-0.15, -0.1) is 0 Å². The molecule has 0 bridgehead atoms. The van der Waals surface area contributed by atoms with E-state index in [1.54, 1.807) is 12.1 Å². The molecule has 3 unspecified atom stereocenters. The molecule has 1 saturated carbocycles. The molecular weight excluding hydrogens is 328 g/mol. The largest absolute Gasteiger partial charge is 0.479 e. The molecule has 0 heterocycles. The molecule has 0 spiro atoms. The third-order valence-electron chi connectivity index (χ3n) is 4.47. The molecule has 130 valence electrons. The second kappa shape index (κ2) is 6.63. The zero-order valence-electron chi connectivity index (χ0n) is 13.5. The minimum atomic E-state index is -1.23. The first-order chi connectivity index (χ1) is 11.9. The number of carbonyl (C=O) groups excluding carboxylic acids is 1. The molecular formula is C19H17F2NO3. The van der Waals surface area contributed by atoms with Crippen molar-refractivity contribution in [3.63, 3.8) is 0 Å². The predicted octanol–water partition coefficient (Wildman–Crippen LogP) is 3.32. The van der Waals surface area contributed by atoms with Crippen LogP contribution in [0.3, 0.4) is 0 Å². The van der Waals surface area contributed by atoms with Gasteiger partial charge >= 0.3 is 5.97 Å². The Bertz CT molecular complexity index is 820. The molecule has 1 aliphatic carbocycles. The highest BCUT2D eigenvalue weighted by Gasteiger charge is 2.45. The van der Waals surface area contributed by atoms with Crippen LogP contribution in [0.15, 0.2) is 42.5 Å². The van der Waals surface area contributed by atoms with E-state index >= 15 is 0 Å². The van der Waals surface area contributed by atoms with Gasteiger partial charge in [-0.1, -0.05) is 24.3 Å². The summed E-state index contributed by atoms with van der Waals surface area (Å²) in [6.45, 7) is 1.53. The number of hydrogen-bond acceptors (Lipinski definition) is 2. The summed E-state index contributed by atoms with van der Waals surface area (Å²) in [5.41, 5.74) is 1.48. The van der Waals surface area contributed by atoms with Gasteiger partial charge in [0.15, 0.2) is 6.04 Å². The maximum Gasteiger partial charge on any atom is 0.330 e. The van der Waals surface area contributed by atoms with Gasteiger partial charge in [0.25, 0.3) is 0 Å². The molecule has 0 saturated heterocycles. The lowest BCUT2D eigenvalue weighted by Crippen LogP contribution is -2.35. The molecule has 3 rings (SSSR count). The van der Waals surface area contributed by atoms with E-state index in [2.05, 4.69) is 5.32 Å². The Kier molecular flexibility index (Phi) is 4.53. The lowest BCUT2D eigenvalue weighted by Gasteiger charge is -2.16. The number of nitrogens with one attached hydrogen (secondary N) is 1. The lowest BCUT2D eigenvalue weighted by molar-refractivity contribution is -0.142. The fourth-order valence-electron chi connectivity index (χ4n) is 2.95. The maximum atomic E-state index is 13.4. The SMILES string of the molecule is Cc1cc(C(NC(=O)C2CC2c2ccc(F)cc2)C(=O)O)ccc1F. The van der Waals surface area contributed by atoms with Gasteiger partial charge in [-0.25, -0.2) is 13.6 Å². The number of halogens is 2. The Labute approximate surface area is 143 Å². The fourth-order valence-corrected chi connectivity index (χ4v) is 2.95. The van der Waals surface area contributed by atoms with Crippen molar-refractivity contribution < 1.29 is 23.5 Å². The highest BCUT2D eigenvalue weighted by Crippen LogP contribution is 2.47. The number of carboxylic acids is 1. The van der Waals surface area contributed by atoms with Crippen molar-refractivity contribution in [2.24, 2.45) is 5.92 Å². The second-order valence-electron chi connectivity index (χ2n) is 6.29. The predicted molar refractivity (Wildman–Crippen MR) is 86.9 cm³/mol. The van der Waals surface area contributed by atoms with Gasteiger partial charge in [0.1, 0.15) is 11.6 Å². The highest BCUT2D eigenvalue weighted by molar-refractivity contribution is 5.88. The summed E-state index contributed by atoms with van der Waals surface area (Å²) in [5, 5.41) is 11.9. The van der Waals surface area contributed by atoms with Crippen molar-refractivity contribution in [1.29, 1.82) is 0 Å². The molecule has 25 heavy (non-hydrogen) atoms. The standard InChI is InChI=1S/C19H17F2NO3/c1-10-8-12(4-7-16(10)21)17(19(24)25)22-18(23)15-9-14(15)11-2-5-13(20)6-3-11/h2-8,14-15,17H,9H2,1H3,(H,22,23)(H,24,25). The van der Waals surface area contributed by atoms with E-state index in [4.69, 9.17) is 0 Å². The van der Waals surface area contributed by atoms with E-state index in [-0.39, 0.29) is 23.6 Å². The van der Waals surface area contributed by atoms with Crippen LogP contribution in [0.1, 0.15) is 35.1 Å². The van der Waals surface area contributed by atoms with E-state index in [9.17, 15) is 23.5 Å². The van der Waals surface area contributed by atoms with E-state index in [1.807, 2.05) is 0 Å². The molecule has 2 aromatic carbocycles. The van der Waals surface area contributed by atoms with Gasteiger partial charge in [0, 0.05) is 5.92 Å². The third-order valence-corrected chi connectivity index (χ3v) is 4.47. The van der Waals surface area contributed by atoms with Crippen LogP contribution < -0.4 is 5.32 Å². The summed E-state index contributed by atoms with van der Waals surface area (Å²) >= 11 is 0. The summed E-state index contributed by atoms with van der Waals surface area (Å²) in [7, 11) is 0. The van der Waals surface area contributed by atoms with Crippen LogP contribution in [0.25, 0.3) is 0 Å². The summed E-state index contributed by atoms with van der Waals surface area (Å²) in [6.07, 6.45) is 0.590. The third kappa shape index (κ3) is 3.68. The van der Waals surface area contributed by atoms with Crippen LogP contribution in [0, 0.1) is 24.5 Å². The smallest absolute Gasteiger partial charge is 0.330 e. The molecule has 1 aliphatic rings. The monoisotopic (exact) mass is 345 g/mol. The molecule has 3 atom stereocenters. The summed E-state index contributed by atoms with van der Waals surface area (Å²) < 4.78 is 26.3. The molecule has 4 nitrogen and oxygen atoms in total. The Hall–Kier alpha value is -2.76. The zero-order valence-corrected chi connectivity index (χ0v) is 13.5. The van der Waals surface area contributed by atoms with Crippen molar-refractivity contribution in [3.8, 4) is 0 Å². The Morgan fingerprint density at radius 2 is 1.84 bits per heavy atom. The van der Waals surface area contributed by atoms with E-state index in [0.29, 0.717) is 17.5 Å². The first-order valence-corrected chi connectivity index (χ1v) is 7.91. The maximum absolute atomic E-state index is 13.4. The average Bonchev–Trinajstić information content (AvgIpc) is 3.36. The van der Waals surface area contributed by atoms with E-state index in [1.165, 1.54) is 37.3 Å². The number of carbonyl (C=O) groups is 2. The molecule has 2 N–H and O–H groups in total. The average molecular weight is 345 g/mol. The minimum absolute atomic E-state index is 0.0370. The molecule has 1 amide bonds. The number of aryl methyl sites for hydroxylation is 1. The lowest BCUT2D eigenvalue weighted by atomic mass is 10.0. The van der Waals surface area contributed by atoms with Crippen LogP contribution >= 0.6 is 0 Å². The van der Waals surface area contributed by atoms with Gasteiger partial charge in [0.05, 0.1) is 0 Å². The number of aliphatic carboxylic acids is 1. The Morgan fingerprint density at radius 1 is 1.16 bits per heavy atom. The first kappa shape index (κ1) is 17.1. The summed E-state index contributed by atoms with van der Waals surface area (Å²) in [5.74, 6) is -2.73. The highest BCUT2D eigenvalue weighted by atomic mass is 19.1. The van der Waals surface area contributed by atoms with Crippen LogP contribution in [-0.4, -0.2) is 17.0 Å². The molecule has 1 fully saturated rings. The molecule has 0 aromatic heterocycles. The molecule has 0 radical (unpaired) electrons. The number of carboxylic acid groups (broad SMARTS) is 1. The van der Waals surface area contributed by atoms with Gasteiger partial charge in [-0.3, -0.25) is 4.79 Å². The first-order valence-electron chi connectivity index (χ1n) is 7.91. The zero-order chi connectivity index (χ0) is 18.1. The fraction of sp³-hybridized carbons (Fsp3) is 0.263. The number of amides is 1. The Morgan fingerprint density at radius 3 is 2.44 bits per heavy atom. The quantitative estimate of drug-likeness (QED) is 0.874. The van der Waals surface area contributed by atoms with Crippen LogP contribution in [0.4, 0.5) is 8.78 Å². The molecule has 2 aromatic rings. The van der Waals surface area contributed by atoms with Crippen molar-refractivity contribution in [1.82, 2.24) is 5.32 Å². The Balaban J connectivity index is 1.71. The van der Waals surface area contributed by atoms with Gasteiger partial charge in [-0.05, 0) is 54.2 Å². The number of hydrogen-bond donors (Lipinski definition) is 2. The van der Waals surface area contributed by atoms with Crippen molar-refractivity contribution in [3.05, 3.63) is 70.8 Å². The normalized spacial score (nSPS) is 20.0. The minimum Gasteiger partial charge on any atom is -0.479 e. The van der Waals surface area contributed by atoms with Crippen molar-refractivity contribution in [2.45, 2.75) is 25.3 Å². The van der Waals surface area contributed by atoms with Crippen LogP contribution in [0.5, 0.6) is 0 Å². The molecule has 0 aliphatic heterocycles. The summed E-state index contributed by atoms with van der Waals surface area (Å²) in [4.78, 5) is 23.9. The number of rotatable bonds is 5. The van der Waals surface area contributed by atoms with E-state index in [0.717, 1.165) is 5.56 Å². The van der Waals surface area contributed by atoms with Crippen LogP contribution in [0.2, 0.25) is 0 Å². The molecule has 6 heteroatoms.